The molecule has 27 heteroatoms. The summed E-state index contributed by atoms with van der Waals surface area (Å²) in [6, 6.07) is 18.6. The Labute approximate surface area is 485 Å². The lowest BCUT2D eigenvalue weighted by Gasteiger charge is -2.31. The summed E-state index contributed by atoms with van der Waals surface area (Å²) >= 11 is 0. The van der Waals surface area contributed by atoms with Crippen molar-refractivity contribution < 1.29 is 62.9 Å². The van der Waals surface area contributed by atoms with E-state index in [1.807, 2.05) is 24.3 Å². The number of aliphatic imine (C=N–C) groups is 1. The Morgan fingerprint density at radius 2 is 1.44 bits per heavy atom. The number of aliphatic carboxylic acids is 1. The first-order valence-corrected chi connectivity index (χ1v) is 27.5. The van der Waals surface area contributed by atoms with Gasteiger partial charge < -0.3 is 73.0 Å². The van der Waals surface area contributed by atoms with Crippen LogP contribution in [0.5, 0.6) is 0 Å². The van der Waals surface area contributed by atoms with Gasteiger partial charge in [-0.3, -0.25) is 48.1 Å². The van der Waals surface area contributed by atoms with E-state index in [0.29, 0.717) is 44.7 Å². The fourth-order valence-corrected chi connectivity index (χ4v) is 10.00. The topological polar surface area (TPSA) is 408 Å². The molecular weight excluding hydrogens is 1100 g/mol. The van der Waals surface area contributed by atoms with Gasteiger partial charge in [0.2, 0.25) is 41.4 Å². The molecule has 0 radical (unpaired) electrons. The van der Waals surface area contributed by atoms with Gasteiger partial charge in [-0.05, 0) is 48.1 Å². The summed E-state index contributed by atoms with van der Waals surface area (Å²) in [6.07, 6.45) is 0.351. The van der Waals surface area contributed by atoms with E-state index < -0.39 is 102 Å². The lowest BCUT2D eigenvalue weighted by atomic mass is 9.86. The predicted molar refractivity (Wildman–Crippen MR) is 305 cm³/mol. The van der Waals surface area contributed by atoms with Gasteiger partial charge in [0.1, 0.15) is 37.4 Å². The molecule has 5 atom stereocenters. The molecule has 5 aromatic rings. The summed E-state index contributed by atoms with van der Waals surface area (Å²) in [5.74, 6) is -7.59. The lowest BCUT2D eigenvalue weighted by molar-refractivity contribution is -0.172. The molecule has 27 nitrogen and oxygen atoms in total. The van der Waals surface area contributed by atoms with E-state index in [0.717, 1.165) is 5.39 Å². The van der Waals surface area contributed by atoms with Crippen LogP contribution in [0.4, 0.5) is 0 Å². The number of nitrogens with one attached hydrogen (secondary N) is 7. The molecule has 1 saturated heterocycles. The summed E-state index contributed by atoms with van der Waals surface area (Å²) in [5, 5.41) is 43.9. The number of carboxylic acids is 1. The Hall–Kier alpha value is -10.1. The second-order valence-electron chi connectivity index (χ2n) is 20.4. The van der Waals surface area contributed by atoms with Crippen LogP contribution in [-0.2, 0) is 90.9 Å². The maximum Gasteiger partial charge on any atom is 0.343 e. The zero-order valence-corrected chi connectivity index (χ0v) is 46.3. The third-order valence-electron chi connectivity index (χ3n) is 14.5. The van der Waals surface area contributed by atoms with Crippen LogP contribution in [0.2, 0.25) is 0 Å². The molecule has 3 aliphatic heterocycles. The predicted octanol–water partition coefficient (Wildman–Crippen LogP) is -0.975. The highest BCUT2D eigenvalue weighted by molar-refractivity contribution is 6.03. The van der Waals surface area contributed by atoms with Crippen molar-refractivity contribution >= 4 is 76.4 Å². The van der Waals surface area contributed by atoms with E-state index in [1.54, 1.807) is 67.6 Å². The molecule has 1 fully saturated rings. The fraction of sp³-hybridized carbons (Fsp3) is 0.362. The molecule has 0 spiro atoms. The van der Waals surface area contributed by atoms with Gasteiger partial charge in [-0.2, -0.15) is 0 Å². The minimum atomic E-state index is -1.98. The number of hydrogen-bond donors (Lipinski definition) is 11. The fourth-order valence-electron chi connectivity index (χ4n) is 10.00. The maximum atomic E-state index is 14.3. The van der Waals surface area contributed by atoms with E-state index >= 15 is 0 Å². The number of benzene rings is 3. The van der Waals surface area contributed by atoms with E-state index in [4.69, 9.17) is 26.0 Å². The summed E-state index contributed by atoms with van der Waals surface area (Å²) < 4.78 is 6.73. The van der Waals surface area contributed by atoms with Crippen molar-refractivity contribution in [1.29, 1.82) is 0 Å². The van der Waals surface area contributed by atoms with Crippen molar-refractivity contribution in [3.05, 3.63) is 134 Å². The Balaban J connectivity index is 0.857. The third-order valence-corrected chi connectivity index (χ3v) is 14.5. The quantitative estimate of drug-likeness (QED) is 0.0136. The summed E-state index contributed by atoms with van der Waals surface area (Å²) in [5.41, 5.74) is 13.6. The number of hydrogen-bond acceptors (Lipinski definition) is 16. The number of carboxylic acid groups (broad SMARTS) is 1. The number of carbonyl (C=O) groups is 9. The maximum absolute atomic E-state index is 14.3. The zero-order valence-electron chi connectivity index (χ0n) is 46.3. The van der Waals surface area contributed by atoms with Crippen LogP contribution >= 0.6 is 0 Å². The van der Waals surface area contributed by atoms with E-state index in [-0.39, 0.29) is 101 Å². The molecule has 13 N–H and O–H groups in total. The second kappa shape index (κ2) is 27.8. The zero-order chi connectivity index (χ0) is 60.8. The van der Waals surface area contributed by atoms with Crippen LogP contribution < -0.4 is 54.2 Å². The van der Waals surface area contributed by atoms with Gasteiger partial charge in [0, 0.05) is 60.8 Å². The van der Waals surface area contributed by atoms with Gasteiger partial charge in [0.05, 0.1) is 54.7 Å². The number of para-hydroxylation sites is 1. The first kappa shape index (κ1) is 61.0. The Morgan fingerprint density at radius 1 is 0.800 bits per heavy atom. The van der Waals surface area contributed by atoms with Crippen molar-refractivity contribution in [3.8, 4) is 11.4 Å². The Bertz CT molecular complexity index is 3510. The molecule has 0 saturated carbocycles. The van der Waals surface area contributed by atoms with Crippen molar-refractivity contribution in [2.45, 2.75) is 108 Å². The SMILES string of the molecule is CC[C@@]1(O)C(=O)OCc2c1cc1n(c2=O)Cc2c-1nc1ccccc1c2/C=N/OCCNC(=O)CCC(=O)NCc1ccc(CC2NC(=O)C(CCCN=C(N)N)NC(=O)CNC(=O)C(CC(=O)O)NC(=O)C(Cc3ccccc3)NC2=O)cc1. The largest absolute Gasteiger partial charge is 0.481 e. The highest BCUT2D eigenvalue weighted by Crippen LogP contribution is 2.40. The smallest absolute Gasteiger partial charge is 0.343 e. The number of oxime groups is 1. The van der Waals surface area contributed by atoms with Gasteiger partial charge >= 0.3 is 11.9 Å². The number of aliphatic hydroxyl groups is 1. The lowest BCUT2D eigenvalue weighted by Crippen LogP contribution is -2.58. The summed E-state index contributed by atoms with van der Waals surface area (Å²) in [7, 11) is 0. The molecule has 5 heterocycles. The third kappa shape index (κ3) is 15.3. The van der Waals surface area contributed by atoms with Gasteiger partial charge in [-0.1, -0.05) is 84.9 Å². The average Bonchev–Trinajstić information content (AvgIpc) is 1.79. The second-order valence-corrected chi connectivity index (χ2v) is 20.4. The standard InChI is InChI=1S/C58H65N13O14/c1-2-58(83)39-25-45-50-37(30-71(45)55(81)38(39)31-84-56(58)82)36(35-11-6-7-12-40(35)67-50)28-65-85-22-21-61-46(72)18-19-47(73)63-27-34-16-14-33(15-17-34)24-43-53(79)69-42(23-32-9-4-3-5-10-32)54(80)70-44(26-49(75)76)51(77)64-29-48(74)66-41(52(78)68-43)13-8-20-62-57(59)60/h3-7,9-12,14-17,25,28,41-44,83H,2,8,13,18-24,26-27,29-31H2,1H3,(H,61,72)(H,63,73)(H,64,77)(H,66,74)(H,68,78)(H,69,79)(H,70,80)(H,75,76)(H4,59,60,62)/b65-28+/t41?,42?,43?,44?,58-/m0/s1. The molecule has 85 heavy (non-hydrogen) atoms. The molecule has 3 aromatic carbocycles. The van der Waals surface area contributed by atoms with E-state index in [9.17, 15) is 58.2 Å². The number of ether oxygens (including phenoxy) is 1. The van der Waals surface area contributed by atoms with Gasteiger partial charge in [0.25, 0.3) is 5.56 Å². The number of aromatic nitrogens is 2. The van der Waals surface area contributed by atoms with Crippen molar-refractivity contribution in [2.75, 3.05) is 26.2 Å². The monoisotopic (exact) mass is 1170 g/mol. The molecule has 4 unspecified atom stereocenters. The van der Waals surface area contributed by atoms with Crippen LogP contribution in [0.25, 0.3) is 22.3 Å². The number of fused-ring (bicyclic) bond motifs is 5. The number of pyridine rings is 2. The highest BCUT2D eigenvalue weighted by atomic mass is 16.6. The van der Waals surface area contributed by atoms with E-state index in [2.05, 4.69) is 47.4 Å². The number of esters is 1. The molecule has 3 aliphatic rings. The van der Waals surface area contributed by atoms with Crippen LogP contribution in [0.3, 0.4) is 0 Å². The molecule has 2 aromatic heterocycles. The molecule has 0 aliphatic carbocycles. The Morgan fingerprint density at radius 3 is 2.12 bits per heavy atom. The minimum Gasteiger partial charge on any atom is -0.481 e. The van der Waals surface area contributed by atoms with Gasteiger partial charge in [0.15, 0.2) is 11.6 Å². The number of nitrogens with two attached hydrogens (primary N) is 2. The average molecular weight is 1170 g/mol. The molecule has 446 valence electrons. The highest BCUT2D eigenvalue weighted by Gasteiger charge is 2.46. The van der Waals surface area contributed by atoms with Crippen LogP contribution in [-0.4, -0.2) is 136 Å². The number of rotatable bonds is 21. The number of amides is 7. The molecular formula is C58H65N13O14. The van der Waals surface area contributed by atoms with Gasteiger partial charge in [-0.25, -0.2) is 9.78 Å². The first-order chi connectivity index (χ1) is 40.8. The number of carbonyl (C=O) groups excluding carboxylic acids is 8. The van der Waals surface area contributed by atoms with Crippen molar-refractivity contribution in [2.24, 2.45) is 21.6 Å². The first-order valence-electron chi connectivity index (χ1n) is 27.5. The Kier molecular flexibility index (Phi) is 20.0. The number of nitrogens with zero attached hydrogens (tertiary/aromatic N) is 4. The number of cyclic esters (lactones) is 1. The normalized spacial score (nSPS) is 19.7. The van der Waals surface area contributed by atoms with Crippen LogP contribution in [0, 0.1) is 0 Å². The van der Waals surface area contributed by atoms with Crippen LogP contribution in [0.15, 0.2) is 99.9 Å². The molecule has 8 rings (SSSR count). The van der Waals surface area contributed by atoms with Crippen molar-refractivity contribution in [1.82, 2.24) is 46.8 Å². The minimum absolute atomic E-state index is 0.00398. The summed E-state index contributed by atoms with van der Waals surface area (Å²) in [4.78, 5) is 147. The van der Waals surface area contributed by atoms with Crippen molar-refractivity contribution in [3.63, 3.8) is 0 Å². The summed E-state index contributed by atoms with van der Waals surface area (Å²) in [6.45, 7) is 1.03. The van der Waals surface area contributed by atoms with Crippen LogP contribution in [0.1, 0.15) is 84.4 Å². The number of guanidine groups is 1. The molecule has 0 bridgehead atoms. The van der Waals surface area contributed by atoms with E-state index in [1.165, 1.54) is 10.8 Å². The van der Waals surface area contributed by atoms with Gasteiger partial charge in [-0.15, -0.1) is 0 Å². The molecule has 7 amide bonds.